The molecule has 0 fully saturated rings. The van der Waals surface area contributed by atoms with Gasteiger partial charge in [0.15, 0.2) is 5.82 Å². The summed E-state index contributed by atoms with van der Waals surface area (Å²) in [5, 5.41) is 11.6. The van der Waals surface area contributed by atoms with E-state index in [-0.39, 0.29) is 12.1 Å². The minimum absolute atomic E-state index is 0.265. The lowest BCUT2D eigenvalue weighted by Crippen LogP contribution is -2.33. The summed E-state index contributed by atoms with van der Waals surface area (Å²) in [4.78, 5) is 4.38. The number of nitrogens with one attached hydrogen (secondary N) is 1. The molecular formula is C14H23N5O. The molecule has 0 saturated carbocycles. The number of aryl methyl sites for hydroxylation is 1. The van der Waals surface area contributed by atoms with E-state index in [2.05, 4.69) is 41.3 Å². The second-order valence-electron chi connectivity index (χ2n) is 5.10. The standard InChI is InChI=1S/C14H23N5O/c1-4-5-7-13-17-14(20-18-13)10-15-11(2)12(3)19-9-6-8-16-19/h6,8-9,11-12,15H,4-5,7,10H2,1-3H3. The van der Waals surface area contributed by atoms with Gasteiger partial charge in [-0.1, -0.05) is 18.5 Å². The molecule has 0 bridgehead atoms. The Labute approximate surface area is 119 Å². The molecule has 2 unspecified atom stereocenters. The average Bonchev–Trinajstić information content (AvgIpc) is 3.13. The summed E-state index contributed by atoms with van der Waals surface area (Å²) < 4.78 is 7.18. The largest absolute Gasteiger partial charge is 0.338 e. The number of unbranched alkanes of at least 4 members (excludes halogenated alkanes) is 1. The van der Waals surface area contributed by atoms with Crippen molar-refractivity contribution in [2.75, 3.05) is 0 Å². The molecule has 110 valence electrons. The average molecular weight is 277 g/mol. The van der Waals surface area contributed by atoms with E-state index in [0.29, 0.717) is 12.4 Å². The molecule has 0 saturated heterocycles. The van der Waals surface area contributed by atoms with Gasteiger partial charge in [-0.05, 0) is 26.3 Å². The molecule has 20 heavy (non-hydrogen) atoms. The van der Waals surface area contributed by atoms with Crippen molar-refractivity contribution >= 4 is 0 Å². The molecule has 0 aliphatic carbocycles. The minimum Gasteiger partial charge on any atom is -0.338 e. The number of hydrogen-bond acceptors (Lipinski definition) is 5. The Kier molecular flexibility index (Phi) is 5.29. The van der Waals surface area contributed by atoms with E-state index < -0.39 is 0 Å². The molecule has 1 N–H and O–H groups in total. The lowest BCUT2D eigenvalue weighted by atomic mass is 10.2. The van der Waals surface area contributed by atoms with Gasteiger partial charge >= 0.3 is 0 Å². The van der Waals surface area contributed by atoms with Crippen molar-refractivity contribution < 1.29 is 4.52 Å². The highest BCUT2D eigenvalue weighted by Gasteiger charge is 2.15. The summed E-state index contributed by atoms with van der Waals surface area (Å²) in [5.41, 5.74) is 0. The van der Waals surface area contributed by atoms with Gasteiger partial charge in [0.2, 0.25) is 5.89 Å². The minimum atomic E-state index is 0.265. The maximum Gasteiger partial charge on any atom is 0.240 e. The van der Waals surface area contributed by atoms with Crippen LogP contribution < -0.4 is 5.32 Å². The van der Waals surface area contributed by atoms with Crippen LogP contribution in [-0.2, 0) is 13.0 Å². The van der Waals surface area contributed by atoms with Crippen LogP contribution in [0.4, 0.5) is 0 Å². The summed E-state index contributed by atoms with van der Waals surface area (Å²) in [5.74, 6) is 1.45. The third-order valence-corrected chi connectivity index (χ3v) is 3.51. The van der Waals surface area contributed by atoms with Gasteiger partial charge in [-0.3, -0.25) is 4.68 Å². The highest BCUT2D eigenvalue weighted by molar-refractivity contribution is 4.88. The molecule has 0 spiro atoms. The Morgan fingerprint density at radius 1 is 1.40 bits per heavy atom. The van der Waals surface area contributed by atoms with E-state index >= 15 is 0 Å². The van der Waals surface area contributed by atoms with Crippen molar-refractivity contribution in [3.05, 3.63) is 30.2 Å². The zero-order chi connectivity index (χ0) is 14.4. The second kappa shape index (κ2) is 7.19. The molecule has 0 amide bonds. The van der Waals surface area contributed by atoms with E-state index in [1.807, 2.05) is 16.9 Å². The Bertz CT molecular complexity index is 493. The van der Waals surface area contributed by atoms with Crippen LogP contribution in [0.25, 0.3) is 0 Å². The summed E-state index contributed by atoms with van der Waals surface area (Å²) >= 11 is 0. The van der Waals surface area contributed by atoms with Gasteiger partial charge in [-0.25, -0.2) is 0 Å². The van der Waals surface area contributed by atoms with Crippen LogP contribution in [0.15, 0.2) is 23.0 Å². The zero-order valence-corrected chi connectivity index (χ0v) is 12.4. The van der Waals surface area contributed by atoms with Crippen molar-refractivity contribution in [3.8, 4) is 0 Å². The summed E-state index contributed by atoms with van der Waals surface area (Å²) in [6.45, 7) is 7.00. The fourth-order valence-corrected chi connectivity index (χ4v) is 1.97. The monoisotopic (exact) mass is 277 g/mol. The Morgan fingerprint density at radius 3 is 2.95 bits per heavy atom. The fourth-order valence-electron chi connectivity index (χ4n) is 1.97. The molecule has 0 aliphatic heterocycles. The molecule has 6 heteroatoms. The van der Waals surface area contributed by atoms with Crippen LogP contribution in [0.2, 0.25) is 0 Å². The molecule has 2 aromatic rings. The smallest absolute Gasteiger partial charge is 0.240 e. The van der Waals surface area contributed by atoms with Crippen molar-refractivity contribution in [1.29, 1.82) is 0 Å². The summed E-state index contributed by atoms with van der Waals surface area (Å²) in [7, 11) is 0. The van der Waals surface area contributed by atoms with Crippen LogP contribution in [0, 0.1) is 0 Å². The molecule has 2 aromatic heterocycles. The van der Waals surface area contributed by atoms with Crippen molar-refractivity contribution in [3.63, 3.8) is 0 Å². The first-order chi connectivity index (χ1) is 9.70. The van der Waals surface area contributed by atoms with Gasteiger partial charge in [-0.15, -0.1) is 0 Å². The molecule has 0 aliphatic rings. The van der Waals surface area contributed by atoms with Gasteiger partial charge in [0.25, 0.3) is 0 Å². The van der Waals surface area contributed by atoms with Crippen LogP contribution in [0.5, 0.6) is 0 Å². The first kappa shape index (κ1) is 14.7. The first-order valence-corrected chi connectivity index (χ1v) is 7.24. The topological polar surface area (TPSA) is 68.8 Å². The lowest BCUT2D eigenvalue weighted by Gasteiger charge is -2.20. The SMILES string of the molecule is CCCCc1noc(CNC(C)C(C)n2cccn2)n1. The van der Waals surface area contributed by atoms with Gasteiger partial charge in [0.1, 0.15) is 0 Å². The van der Waals surface area contributed by atoms with Crippen molar-refractivity contribution in [2.45, 2.75) is 58.7 Å². The quantitative estimate of drug-likeness (QED) is 0.802. The van der Waals surface area contributed by atoms with Crippen LogP contribution in [0.1, 0.15) is 51.4 Å². The fraction of sp³-hybridized carbons (Fsp3) is 0.643. The predicted octanol–water partition coefficient (Wildman–Crippen LogP) is 2.35. The zero-order valence-electron chi connectivity index (χ0n) is 12.4. The van der Waals surface area contributed by atoms with Crippen LogP contribution in [-0.4, -0.2) is 26.0 Å². The third kappa shape index (κ3) is 3.90. The van der Waals surface area contributed by atoms with Gasteiger partial charge < -0.3 is 9.84 Å². The summed E-state index contributed by atoms with van der Waals surface area (Å²) in [6.07, 6.45) is 6.89. The highest BCUT2D eigenvalue weighted by atomic mass is 16.5. The lowest BCUT2D eigenvalue weighted by molar-refractivity contribution is 0.323. The molecule has 2 heterocycles. The second-order valence-corrected chi connectivity index (χ2v) is 5.10. The Hall–Kier alpha value is -1.69. The molecule has 2 atom stereocenters. The van der Waals surface area contributed by atoms with E-state index in [0.717, 1.165) is 25.1 Å². The van der Waals surface area contributed by atoms with E-state index in [1.165, 1.54) is 0 Å². The molecule has 2 rings (SSSR count). The molecular weight excluding hydrogens is 254 g/mol. The number of rotatable bonds is 8. The van der Waals surface area contributed by atoms with Gasteiger partial charge in [0, 0.05) is 24.9 Å². The van der Waals surface area contributed by atoms with Gasteiger partial charge in [-0.2, -0.15) is 10.1 Å². The molecule has 0 radical (unpaired) electrons. The van der Waals surface area contributed by atoms with E-state index in [4.69, 9.17) is 4.52 Å². The first-order valence-electron chi connectivity index (χ1n) is 7.24. The van der Waals surface area contributed by atoms with Crippen molar-refractivity contribution in [2.24, 2.45) is 0 Å². The maximum absolute atomic E-state index is 5.24. The van der Waals surface area contributed by atoms with Crippen molar-refractivity contribution in [1.82, 2.24) is 25.2 Å². The van der Waals surface area contributed by atoms with Crippen LogP contribution in [0.3, 0.4) is 0 Å². The highest BCUT2D eigenvalue weighted by Crippen LogP contribution is 2.10. The Balaban J connectivity index is 1.81. The van der Waals surface area contributed by atoms with Crippen LogP contribution >= 0.6 is 0 Å². The van der Waals surface area contributed by atoms with E-state index in [1.54, 1.807) is 6.20 Å². The van der Waals surface area contributed by atoms with E-state index in [9.17, 15) is 0 Å². The van der Waals surface area contributed by atoms with Gasteiger partial charge in [0.05, 0.1) is 12.6 Å². The number of nitrogens with zero attached hydrogens (tertiary/aromatic N) is 4. The third-order valence-electron chi connectivity index (χ3n) is 3.51. The normalized spacial score (nSPS) is 14.3. The molecule has 6 nitrogen and oxygen atoms in total. The summed E-state index contributed by atoms with van der Waals surface area (Å²) in [6, 6.07) is 2.47. The molecule has 0 aromatic carbocycles. The Morgan fingerprint density at radius 2 is 2.25 bits per heavy atom. The predicted molar refractivity (Wildman–Crippen MR) is 76.1 cm³/mol. The number of hydrogen-bond donors (Lipinski definition) is 1. The maximum atomic E-state index is 5.24. The number of aromatic nitrogens is 4.